The van der Waals surface area contributed by atoms with Gasteiger partial charge in [-0.05, 0) is 82.0 Å². The molecule has 0 aromatic heterocycles. The Kier molecular flexibility index (Phi) is 9.54. The molecule has 0 bridgehead atoms. The maximum absolute atomic E-state index is 13.8. The van der Waals surface area contributed by atoms with Crippen LogP contribution in [0.1, 0.15) is 50.8 Å². The lowest BCUT2D eigenvalue weighted by atomic mass is 10.1. The first-order chi connectivity index (χ1) is 16.7. The largest absolute Gasteiger partial charge is 0.497 e. The molecular formula is C27H39N3O5S. The zero-order valence-electron chi connectivity index (χ0n) is 22.6. The highest BCUT2D eigenvalue weighted by atomic mass is 32.2. The normalized spacial score (nSPS) is 12.6. The molecule has 2 amide bonds. The summed E-state index contributed by atoms with van der Waals surface area (Å²) in [5.41, 5.74) is 2.61. The van der Waals surface area contributed by atoms with Crippen LogP contribution in [0.5, 0.6) is 5.75 Å². The van der Waals surface area contributed by atoms with Crippen LogP contribution in [0.2, 0.25) is 0 Å². The van der Waals surface area contributed by atoms with Gasteiger partial charge in [0.25, 0.3) is 0 Å². The number of amides is 2. The minimum Gasteiger partial charge on any atom is -0.497 e. The molecule has 1 atom stereocenters. The van der Waals surface area contributed by atoms with Gasteiger partial charge in [-0.2, -0.15) is 0 Å². The second-order valence-corrected chi connectivity index (χ2v) is 12.0. The number of anilines is 1. The summed E-state index contributed by atoms with van der Waals surface area (Å²) in [6, 6.07) is 11.7. The van der Waals surface area contributed by atoms with E-state index in [0.29, 0.717) is 17.9 Å². The first kappa shape index (κ1) is 29.2. The quantitative estimate of drug-likeness (QED) is 0.517. The highest BCUT2D eigenvalue weighted by Crippen LogP contribution is 2.23. The molecular weight excluding hydrogens is 478 g/mol. The summed E-state index contributed by atoms with van der Waals surface area (Å²) >= 11 is 0. The molecule has 36 heavy (non-hydrogen) atoms. The Morgan fingerprint density at radius 1 is 1.06 bits per heavy atom. The van der Waals surface area contributed by atoms with Crippen LogP contribution in [0.4, 0.5) is 5.69 Å². The molecule has 0 aliphatic heterocycles. The standard InChI is InChI=1S/C27H39N3O5S/c1-9-24(26(32)28-27(4,5)6)29(17-21-11-10-12-23(16-21)35-7)25(31)18-30(36(8,33)34)22-14-13-19(2)20(3)15-22/h10-16,24H,9,17-18H2,1-8H3,(H,28,32). The van der Waals surface area contributed by atoms with Crippen molar-refractivity contribution in [1.82, 2.24) is 10.2 Å². The Hall–Kier alpha value is -3.07. The van der Waals surface area contributed by atoms with E-state index in [9.17, 15) is 18.0 Å². The number of nitrogens with one attached hydrogen (secondary N) is 1. The van der Waals surface area contributed by atoms with Crippen LogP contribution in [0.15, 0.2) is 42.5 Å². The topological polar surface area (TPSA) is 96.0 Å². The summed E-state index contributed by atoms with van der Waals surface area (Å²) in [6.07, 6.45) is 1.44. The molecule has 2 rings (SSSR count). The average Bonchev–Trinajstić information content (AvgIpc) is 2.77. The minimum absolute atomic E-state index is 0.122. The van der Waals surface area contributed by atoms with Crippen LogP contribution in [0, 0.1) is 13.8 Å². The third kappa shape index (κ3) is 7.98. The van der Waals surface area contributed by atoms with E-state index in [1.807, 2.05) is 59.7 Å². The van der Waals surface area contributed by atoms with Gasteiger partial charge in [-0.1, -0.05) is 25.1 Å². The molecule has 0 heterocycles. The summed E-state index contributed by atoms with van der Waals surface area (Å²) in [5.74, 6) is -0.143. The van der Waals surface area contributed by atoms with E-state index in [0.717, 1.165) is 27.3 Å². The van der Waals surface area contributed by atoms with Crippen molar-refractivity contribution in [2.75, 3.05) is 24.2 Å². The number of carbonyl (C=O) groups is 2. The summed E-state index contributed by atoms with van der Waals surface area (Å²) < 4.78 is 31.9. The number of rotatable bonds is 10. The minimum atomic E-state index is -3.78. The van der Waals surface area contributed by atoms with E-state index in [2.05, 4.69) is 5.32 Å². The summed E-state index contributed by atoms with van der Waals surface area (Å²) in [7, 11) is -2.22. The molecule has 1 N–H and O–H groups in total. The Labute approximate surface area is 215 Å². The molecule has 9 heteroatoms. The van der Waals surface area contributed by atoms with Crippen molar-refractivity contribution < 1.29 is 22.7 Å². The fourth-order valence-electron chi connectivity index (χ4n) is 3.83. The lowest BCUT2D eigenvalue weighted by molar-refractivity contribution is -0.141. The second kappa shape index (κ2) is 11.8. The van der Waals surface area contributed by atoms with Gasteiger partial charge < -0.3 is 15.0 Å². The third-order valence-corrected chi connectivity index (χ3v) is 6.97. The van der Waals surface area contributed by atoms with Crippen molar-refractivity contribution in [3.63, 3.8) is 0 Å². The maximum Gasteiger partial charge on any atom is 0.244 e. The van der Waals surface area contributed by atoms with Gasteiger partial charge in [0.15, 0.2) is 0 Å². The van der Waals surface area contributed by atoms with Gasteiger partial charge in [0.05, 0.1) is 19.1 Å². The van der Waals surface area contributed by atoms with Gasteiger partial charge in [0, 0.05) is 12.1 Å². The fraction of sp³-hybridized carbons (Fsp3) is 0.481. The lowest BCUT2D eigenvalue weighted by Gasteiger charge is -2.34. The summed E-state index contributed by atoms with van der Waals surface area (Å²) in [6.45, 7) is 11.0. The molecule has 0 spiro atoms. The van der Waals surface area contributed by atoms with Crippen LogP contribution < -0.4 is 14.4 Å². The predicted octanol–water partition coefficient (Wildman–Crippen LogP) is 3.80. The molecule has 0 saturated carbocycles. The molecule has 1 unspecified atom stereocenters. The average molecular weight is 518 g/mol. The van der Waals surface area contributed by atoms with E-state index in [4.69, 9.17) is 4.74 Å². The van der Waals surface area contributed by atoms with Gasteiger partial charge in [-0.15, -0.1) is 0 Å². The number of hydrogen-bond acceptors (Lipinski definition) is 5. The van der Waals surface area contributed by atoms with Gasteiger partial charge in [-0.25, -0.2) is 8.42 Å². The highest BCUT2D eigenvalue weighted by molar-refractivity contribution is 7.92. The van der Waals surface area contributed by atoms with Crippen LogP contribution in [0.25, 0.3) is 0 Å². The number of ether oxygens (including phenoxy) is 1. The number of hydrogen-bond donors (Lipinski definition) is 1. The smallest absolute Gasteiger partial charge is 0.244 e. The molecule has 2 aromatic rings. The SMILES string of the molecule is CCC(C(=O)NC(C)(C)C)N(Cc1cccc(OC)c1)C(=O)CN(c1ccc(C)c(C)c1)S(C)(=O)=O. The second-order valence-electron chi connectivity index (χ2n) is 10.1. The first-order valence-corrected chi connectivity index (χ1v) is 13.8. The Balaban J connectivity index is 2.49. The number of methoxy groups -OCH3 is 1. The molecule has 0 aliphatic carbocycles. The van der Waals surface area contributed by atoms with Crippen LogP contribution in [0.3, 0.4) is 0 Å². The number of sulfonamides is 1. The van der Waals surface area contributed by atoms with Crippen molar-refractivity contribution in [1.29, 1.82) is 0 Å². The number of nitrogens with zero attached hydrogens (tertiary/aromatic N) is 2. The number of aryl methyl sites for hydroxylation is 2. The Bertz CT molecular complexity index is 1190. The molecule has 0 saturated heterocycles. The van der Waals surface area contributed by atoms with E-state index in [1.165, 1.54) is 4.90 Å². The third-order valence-electron chi connectivity index (χ3n) is 5.83. The molecule has 8 nitrogen and oxygen atoms in total. The zero-order valence-corrected chi connectivity index (χ0v) is 23.4. The molecule has 0 fully saturated rings. The van der Waals surface area contributed by atoms with Crippen LogP contribution >= 0.6 is 0 Å². The molecule has 198 valence electrons. The van der Waals surface area contributed by atoms with Crippen molar-refractivity contribution in [2.24, 2.45) is 0 Å². The highest BCUT2D eigenvalue weighted by Gasteiger charge is 2.33. The number of carbonyl (C=O) groups excluding carboxylic acids is 2. The Morgan fingerprint density at radius 2 is 1.72 bits per heavy atom. The van der Waals surface area contributed by atoms with Gasteiger partial charge in [0.2, 0.25) is 21.8 Å². The van der Waals surface area contributed by atoms with E-state index >= 15 is 0 Å². The molecule has 0 radical (unpaired) electrons. The van der Waals surface area contributed by atoms with E-state index in [1.54, 1.807) is 31.4 Å². The van der Waals surface area contributed by atoms with Gasteiger partial charge in [-0.3, -0.25) is 13.9 Å². The number of benzene rings is 2. The van der Waals surface area contributed by atoms with Crippen molar-refractivity contribution in [3.05, 3.63) is 59.2 Å². The maximum atomic E-state index is 13.8. The monoisotopic (exact) mass is 517 g/mol. The van der Waals surface area contributed by atoms with E-state index < -0.39 is 34.1 Å². The van der Waals surface area contributed by atoms with Crippen molar-refractivity contribution in [3.8, 4) is 5.75 Å². The molecule has 2 aromatic carbocycles. The summed E-state index contributed by atoms with van der Waals surface area (Å²) in [5, 5.41) is 2.95. The van der Waals surface area contributed by atoms with Gasteiger partial charge in [0.1, 0.15) is 18.3 Å². The van der Waals surface area contributed by atoms with E-state index in [-0.39, 0.29) is 12.5 Å². The lowest BCUT2D eigenvalue weighted by Crippen LogP contribution is -2.55. The van der Waals surface area contributed by atoms with Gasteiger partial charge >= 0.3 is 0 Å². The van der Waals surface area contributed by atoms with Crippen molar-refractivity contribution in [2.45, 2.75) is 66.1 Å². The van der Waals surface area contributed by atoms with Crippen LogP contribution in [-0.4, -0.2) is 56.6 Å². The first-order valence-electron chi connectivity index (χ1n) is 12.0. The zero-order chi connectivity index (χ0) is 27.3. The Morgan fingerprint density at radius 3 is 2.25 bits per heavy atom. The molecule has 0 aliphatic rings. The fourth-order valence-corrected chi connectivity index (χ4v) is 4.68. The summed E-state index contributed by atoms with van der Waals surface area (Å²) in [4.78, 5) is 28.4. The predicted molar refractivity (Wildman–Crippen MR) is 144 cm³/mol. The van der Waals surface area contributed by atoms with Crippen molar-refractivity contribution >= 4 is 27.5 Å². The van der Waals surface area contributed by atoms with Crippen LogP contribution in [-0.2, 0) is 26.2 Å².